The molecule has 1 atom stereocenters. The minimum atomic E-state index is 0.180. The Labute approximate surface area is 130 Å². The van der Waals surface area contributed by atoms with Crippen molar-refractivity contribution in [2.75, 3.05) is 5.73 Å². The first-order chi connectivity index (χ1) is 10.2. The van der Waals surface area contributed by atoms with Crippen LogP contribution in [0.4, 0.5) is 5.69 Å². The summed E-state index contributed by atoms with van der Waals surface area (Å²) in [4.78, 5) is 4.51. The molecular weight excluding hydrogens is 330 g/mol. The lowest BCUT2D eigenvalue weighted by Gasteiger charge is -2.17. The van der Waals surface area contributed by atoms with Crippen molar-refractivity contribution in [3.05, 3.63) is 47.1 Å². The predicted molar refractivity (Wildman–Crippen MR) is 85.0 cm³/mol. The Kier molecular flexibility index (Phi) is 2.99. The van der Waals surface area contributed by atoms with Gasteiger partial charge in [0, 0.05) is 16.9 Å². The first-order valence-corrected chi connectivity index (χ1v) is 7.92. The zero-order valence-corrected chi connectivity index (χ0v) is 13.1. The summed E-state index contributed by atoms with van der Waals surface area (Å²) in [6.45, 7) is 0. The second kappa shape index (κ2) is 4.87. The number of nitrogens with zero attached hydrogens (tertiary/aromatic N) is 4. The van der Waals surface area contributed by atoms with E-state index in [1.54, 1.807) is 6.20 Å². The molecule has 1 unspecified atom stereocenters. The second-order valence-corrected chi connectivity index (χ2v) is 6.62. The van der Waals surface area contributed by atoms with E-state index in [-0.39, 0.29) is 6.04 Å². The minimum Gasteiger partial charge on any atom is -0.396 e. The van der Waals surface area contributed by atoms with Gasteiger partial charge in [-0.25, -0.2) is 4.98 Å². The molecule has 0 aromatic carbocycles. The van der Waals surface area contributed by atoms with Gasteiger partial charge >= 0.3 is 0 Å². The monoisotopic (exact) mass is 345 g/mol. The van der Waals surface area contributed by atoms with Gasteiger partial charge in [-0.1, -0.05) is 12.8 Å². The number of pyridine rings is 1. The summed E-state index contributed by atoms with van der Waals surface area (Å²) < 4.78 is 5.15. The number of aromatic nitrogens is 4. The van der Waals surface area contributed by atoms with Crippen molar-refractivity contribution in [3.63, 3.8) is 0 Å². The minimum absolute atomic E-state index is 0.180. The zero-order valence-electron chi connectivity index (χ0n) is 11.5. The molecule has 2 N–H and O–H groups in total. The molecule has 0 saturated heterocycles. The van der Waals surface area contributed by atoms with Gasteiger partial charge in [0.2, 0.25) is 0 Å². The van der Waals surface area contributed by atoms with E-state index in [0.717, 1.165) is 28.2 Å². The van der Waals surface area contributed by atoms with Crippen LogP contribution in [0.15, 0.2) is 41.4 Å². The Balaban J connectivity index is 1.82. The van der Waals surface area contributed by atoms with Crippen LogP contribution in [0.2, 0.25) is 0 Å². The van der Waals surface area contributed by atoms with Crippen LogP contribution in [-0.4, -0.2) is 19.2 Å². The third kappa shape index (κ3) is 2.44. The molecule has 3 aromatic rings. The average Bonchev–Trinajstić information content (AvgIpc) is 3.04. The van der Waals surface area contributed by atoms with Gasteiger partial charge in [0.05, 0.1) is 29.8 Å². The Bertz CT molecular complexity index is 786. The highest BCUT2D eigenvalue weighted by Gasteiger charge is 2.29. The zero-order chi connectivity index (χ0) is 14.4. The highest BCUT2D eigenvalue weighted by atomic mass is 79.9. The van der Waals surface area contributed by atoms with Gasteiger partial charge < -0.3 is 10.1 Å². The SMILES string of the molecule is Nc1cnn(C(CC2CC2)c2cnc3ccc(Br)cn23)c1. The van der Waals surface area contributed by atoms with E-state index in [9.17, 15) is 0 Å². The fourth-order valence-corrected chi connectivity index (χ4v) is 3.11. The fourth-order valence-electron chi connectivity index (χ4n) is 2.78. The van der Waals surface area contributed by atoms with Crippen molar-refractivity contribution >= 4 is 27.3 Å². The number of nitrogen functional groups attached to an aromatic ring is 1. The molecule has 1 aliphatic rings. The molecule has 0 spiro atoms. The summed E-state index contributed by atoms with van der Waals surface area (Å²) in [5.41, 5.74) is 8.65. The molecule has 0 aliphatic heterocycles. The fraction of sp³-hybridized carbons (Fsp3) is 0.333. The number of fused-ring (bicyclic) bond motifs is 1. The molecule has 0 bridgehead atoms. The Morgan fingerprint density at radius 2 is 2.14 bits per heavy atom. The van der Waals surface area contributed by atoms with Gasteiger partial charge in [-0.2, -0.15) is 5.10 Å². The van der Waals surface area contributed by atoms with Crippen molar-refractivity contribution in [2.45, 2.75) is 25.3 Å². The molecule has 108 valence electrons. The lowest BCUT2D eigenvalue weighted by molar-refractivity contribution is 0.452. The number of hydrogen-bond acceptors (Lipinski definition) is 3. The number of rotatable bonds is 4. The van der Waals surface area contributed by atoms with Crippen LogP contribution in [0.1, 0.15) is 31.0 Å². The molecule has 3 heterocycles. The Morgan fingerprint density at radius 3 is 2.86 bits per heavy atom. The quantitative estimate of drug-likeness (QED) is 0.789. The smallest absolute Gasteiger partial charge is 0.137 e. The molecule has 1 aliphatic carbocycles. The largest absolute Gasteiger partial charge is 0.396 e. The van der Waals surface area contributed by atoms with Gasteiger partial charge in [0.25, 0.3) is 0 Å². The first-order valence-electron chi connectivity index (χ1n) is 7.13. The summed E-state index contributed by atoms with van der Waals surface area (Å²) in [5.74, 6) is 0.790. The third-order valence-electron chi connectivity index (χ3n) is 4.03. The van der Waals surface area contributed by atoms with Crippen LogP contribution in [0, 0.1) is 5.92 Å². The van der Waals surface area contributed by atoms with E-state index in [4.69, 9.17) is 5.73 Å². The maximum Gasteiger partial charge on any atom is 0.137 e. The molecule has 6 heteroatoms. The molecule has 0 radical (unpaired) electrons. The van der Waals surface area contributed by atoms with Crippen LogP contribution in [-0.2, 0) is 0 Å². The topological polar surface area (TPSA) is 61.1 Å². The van der Waals surface area contributed by atoms with Crippen molar-refractivity contribution < 1.29 is 0 Å². The standard InChI is InChI=1S/C15H16BrN5/c16-11-3-4-15-18-7-14(20(15)8-11)13(5-10-1-2-10)21-9-12(17)6-19-21/h3-4,6-10,13H,1-2,5,17H2. The molecule has 1 saturated carbocycles. The average molecular weight is 346 g/mol. The number of hydrogen-bond donors (Lipinski definition) is 1. The van der Waals surface area contributed by atoms with E-state index >= 15 is 0 Å². The van der Waals surface area contributed by atoms with Crippen LogP contribution in [0.25, 0.3) is 5.65 Å². The van der Waals surface area contributed by atoms with Gasteiger partial charge in [-0.15, -0.1) is 0 Å². The lowest BCUT2D eigenvalue weighted by atomic mass is 10.1. The normalized spacial score (nSPS) is 16.4. The van der Waals surface area contributed by atoms with Gasteiger partial charge in [0.1, 0.15) is 5.65 Å². The highest BCUT2D eigenvalue weighted by molar-refractivity contribution is 9.10. The number of anilines is 1. The van der Waals surface area contributed by atoms with Gasteiger partial charge in [-0.3, -0.25) is 4.68 Å². The molecule has 4 rings (SSSR count). The lowest BCUT2D eigenvalue weighted by Crippen LogP contribution is -2.14. The van der Waals surface area contributed by atoms with Crippen LogP contribution in [0.5, 0.6) is 0 Å². The van der Waals surface area contributed by atoms with Gasteiger partial charge in [0.15, 0.2) is 0 Å². The Hall–Kier alpha value is -1.82. The van der Waals surface area contributed by atoms with Crippen molar-refractivity contribution in [2.24, 2.45) is 5.92 Å². The van der Waals surface area contributed by atoms with E-state index < -0.39 is 0 Å². The first kappa shape index (κ1) is 12.9. The molecular formula is C15H16BrN5. The molecule has 3 aromatic heterocycles. The molecule has 1 fully saturated rings. The molecule has 21 heavy (non-hydrogen) atoms. The van der Waals surface area contributed by atoms with E-state index in [0.29, 0.717) is 5.69 Å². The summed E-state index contributed by atoms with van der Waals surface area (Å²) in [7, 11) is 0. The summed E-state index contributed by atoms with van der Waals surface area (Å²) in [6.07, 6.45) is 11.3. The van der Waals surface area contributed by atoms with Crippen molar-refractivity contribution in [1.29, 1.82) is 0 Å². The Morgan fingerprint density at radius 1 is 1.29 bits per heavy atom. The number of imidazole rings is 1. The van der Waals surface area contributed by atoms with Crippen LogP contribution < -0.4 is 5.73 Å². The van der Waals surface area contributed by atoms with E-state index in [1.165, 1.54) is 12.8 Å². The highest BCUT2D eigenvalue weighted by Crippen LogP contribution is 2.39. The summed E-state index contributed by atoms with van der Waals surface area (Å²) in [6, 6.07) is 4.20. The maximum atomic E-state index is 5.84. The van der Waals surface area contributed by atoms with Crippen LogP contribution >= 0.6 is 15.9 Å². The molecule has 0 amide bonds. The third-order valence-corrected chi connectivity index (χ3v) is 4.50. The summed E-state index contributed by atoms with van der Waals surface area (Å²) in [5, 5.41) is 4.42. The predicted octanol–water partition coefficient (Wildman–Crippen LogP) is 3.27. The van der Waals surface area contributed by atoms with Crippen molar-refractivity contribution in [1.82, 2.24) is 19.2 Å². The van der Waals surface area contributed by atoms with Crippen molar-refractivity contribution in [3.8, 4) is 0 Å². The van der Waals surface area contributed by atoms with Gasteiger partial charge in [-0.05, 0) is 40.4 Å². The summed E-state index contributed by atoms with van der Waals surface area (Å²) >= 11 is 3.53. The second-order valence-electron chi connectivity index (χ2n) is 5.71. The number of halogens is 1. The number of nitrogens with two attached hydrogens (primary N) is 1. The van der Waals surface area contributed by atoms with Crippen LogP contribution in [0.3, 0.4) is 0 Å². The maximum absolute atomic E-state index is 5.84. The van der Waals surface area contributed by atoms with E-state index in [1.807, 2.05) is 29.2 Å². The van der Waals surface area contributed by atoms with E-state index in [2.05, 4.69) is 36.6 Å². The molecule has 5 nitrogen and oxygen atoms in total.